The first-order valence-corrected chi connectivity index (χ1v) is 8.41. The van der Waals surface area contributed by atoms with Crippen molar-refractivity contribution in [2.75, 3.05) is 20.2 Å². The Balaban J connectivity index is 1.94. The molecule has 23 heavy (non-hydrogen) atoms. The number of benzene rings is 1. The van der Waals surface area contributed by atoms with Crippen molar-refractivity contribution in [1.29, 1.82) is 0 Å². The molecule has 1 heterocycles. The molecule has 8 nitrogen and oxygen atoms in total. The first kappa shape index (κ1) is 17.7. The Hall–Kier alpha value is -1.61. The number of sulfonamides is 1. The average Bonchev–Trinajstić information content (AvgIpc) is 2.68. The van der Waals surface area contributed by atoms with E-state index in [9.17, 15) is 18.3 Å². The Morgan fingerprint density at radius 1 is 1.48 bits per heavy atom. The third kappa shape index (κ3) is 4.23. The van der Waals surface area contributed by atoms with Gasteiger partial charge in [-0.15, -0.1) is 0 Å². The molecule has 0 spiro atoms. The van der Waals surface area contributed by atoms with Gasteiger partial charge >= 0.3 is 135 Å². The summed E-state index contributed by atoms with van der Waals surface area (Å²) in [7, 11) is -2.33. The number of carbonyl (C=O) groups excluding carboxylic acids is 1. The summed E-state index contributed by atoms with van der Waals surface area (Å²) in [6, 6.07) is 4.38. The van der Waals surface area contributed by atoms with Gasteiger partial charge in [-0.3, -0.25) is 0 Å². The SMILES string of the molecule is CN(CC(=O)OCCc1ccc2c(c1)S(=O)(=O)N=C2[O-])[C](N)=[Ni]. The first-order valence-electron chi connectivity index (χ1n) is 6.47. The Kier molecular flexibility index (Phi) is 5.31. The Labute approximate surface area is 140 Å². The van der Waals surface area contributed by atoms with Crippen LogP contribution in [0.15, 0.2) is 27.5 Å². The average molecular weight is 383 g/mol. The summed E-state index contributed by atoms with van der Waals surface area (Å²) in [4.78, 5) is 12.8. The van der Waals surface area contributed by atoms with Crippen molar-refractivity contribution < 1.29 is 38.1 Å². The third-order valence-corrected chi connectivity index (χ3v) is 4.80. The quantitative estimate of drug-likeness (QED) is 0.450. The fourth-order valence-electron chi connectivity index (χ4n) is 1.91. The molecule has 0 saturated heterocycles. The number of nitrogens with zero attached hydrogens (tertiary/aromatic N) is 2. The van der Waals surface area contributed by atoms with E-state index in [2.05, 4.69) is 19.4 Å². The van der Waals surface area contributed by atoms with Crippen molar-refractivity contribution in [3.05, 3.63) is 29.3 Å². The molecule has 0 bridgehead atoms. The molecule has 0 amide bonds. The zero-order valence-corrected chi connectivity index (χ0v) is 13.9. The van der Waals surface area contributed by atoms with Gasteiger partial charge in [0.15, 0.2) is 0 Å². The van der Waals surface area contributed by atoms with Gasteiger partial charge in [-0.05, 0) is 0 Å². The predicted molar refractivity (Wildman–Crippen MR) is 76.7 cm³/mol. The molecular weight excluding hydrogens is 369 g/mol. The number of ether oxygens (including phenoxy) is 1. The second kappa shape index (κ2) is 6.88. The molecule has 1 aliphatic heterocycles. The van der Waals surface area contributed by atoms with Crippen LogP contribution in [0.1, 0.15) is 11.1 Å². The van der Waals surface area contributed by atoms with Crippen LogP contribution >= 0.6 is 0 Å². The summed E-state index contributed by atoms with van der Waals surface area (Å²) >= 11 is 4.40. The number of fused-ring (bicyclic) bond motifs is 1. The number of rotatable bonds is 6. The number of carbonyl (C=O) groups is 1. The zero-order chi connectivity index (χ0) is 17.2. The van der Waals surface area contributed by atoms with Gasteiger partial charge in [0.1, 0.15) is 0 Å². The fraction of sp³-hybridized carbons (Fsp3) is 0.308. The van der Waals surface area contributed by atoms with E-state index in [-0.39, 0.29) is 28.3 Å². The molecule has 2 N–H and O–H groups in total. The molecule has 0 saturated carbocycles. The molecular formula is C13H14N3NiO5S-. The summed E-state index contributed by atoms with van der Waals surface area (Å²) < 4.78 is 31.6. The maximum atomic E-state index is 11.7. The van der Waals surface area contributed by atoms with Crippen LogP contribution in [0.5, 0.6) is 0 Å². The van der Waals surface area contributed by atoms with Gasteiger partial charge in [0.05, 0.1) is 0 Å². The summed E-state index contributed by atoms with van der Waals surface area (Å²) in [5.74, 6) is -1.26. The molecule has 1 aromatic carbocycles. The van der Waals surface area contributed by atoms with Gasteiger partial charge < -0.3 is 5.11 Å². The molecule has 1 aliphatic rings. The van der Waals surface area contributed by atoms with Gasteiger partial charge in [0, 0.05) is 0 Å². The molecule has 2 rings (SSSR count). The van der Waals surface area contributed by atoms with Crippen molar-refractivity contribution in [1.82, 2.24) is 4.90 Å². The number of hydrogen-bond donors (Lipinski definition) is 1. The number of nitrogens with two attached hydrogens (primary N) is 1. The van der Waals surface area contributed by atoms with E-state index in [1.807, 2.05) is 0 Å². The van der Waals surface area contributed by atoms with Crippen LogP contribution in [0.4, 0.5) is 0 Å². The van der Waals surface area contributed by atoms with E-state index in [0.29, 0.717) is 12.0 Å². The molecule has 0 aliphatic carbocycles. The monoisotopic (exact) mass is 382 g/mol. The van der Waals surface area contributed by atoms with Gasteiger partial charge in [0.2, 0.25) is 0 Å². The summed E-state index contributed by atoms with van der Waals surface area (Å²) in [5.41, 5.74) is 6.05. The fourth-order valence-corrected chi connectivity index (χ4v) is 3.14. The standard InChI is InChI=1S/C13H15N3O5S.Ni/c1-16(8-14)7-12(17)21-5-4-9-2-3-10-11(6-9)22(19,20)15-13(10)18;/h2-3,6H,4-5,7,14H2,1H3,(H,15,18);/p-1. The van der Waals surface area contributed by atoms with E-state index in [0.717, 1.165) is 0 Å². The van der Waals surface area contributed by atoms with Crippen molar-refractivity contribution in [2.24, 2.45) is 10.1 Å². The van der Waals surface area contributed by atoms with E-state index in [4.69, 9.17) is 10.5 Å². The van der Waals surface area contributed by atoms with Crippen LogP contribution < -0.4 is 10.8 Å². The van der Waals surface area contributed by atoms with Crippen molar-refractivity contribution in [3.63, 3.8) is 0 Å². The van der Waals surface area contributed by atoms with Crippen LogP contribution in [-0.2, 0) is 41.0 Å². The molecule has 0 radical (unpaired) electrons. The molecule has 128 valence electrons. The summed E-state index contributed by atoms with van der Waals surface area (Å²) in [5, 5.41) is 11.4. The molecule has 10 heteroatoms. The number of esters is 1. The van der Waals surface area contributed by atoms with E-state index in [1.54, 1.807) is 13.1 Å². The van der Waals surface area contributed by atoms with Gasteiger partial charge in [0.25, 0.3) is 0 Å². The van der Waals surface area contributed by atoms with E-state index in [1.165, 1.54) is 17.0 Å². The van der Waals surface area contributed by atoms with Crippen LogP contribution in [-0.4, -0.2) is 50.1 Å². The Morgan fingerprint density at radius 2 is 2.17 bits per heavy atom. The number of hydrogen-bond acceptors (Lipinski definition) is 7. The van der Waals surface area contributed by atoms with Gasteiger partial charge in [-0.1, -0.05) is 0 Å². The molecule has 0 aromatic heterocycles. The topological polar surface area (TPSA) is 125 Å². The summed E-state index contributed by atoms with van der Waals surface area (Å²) in [6.45, 7) is 0.00907. The van der Waals surface area contributed by atoms with E-state index < -0.39 is 21.9 Å². The molecule has 1 aromatic rings. The van der Waals surface area contributed by atoms with Crippen LogP contribution in [0.25, 0.3) is 0 Å². The Morgan fingerprint density at radius 3 is 2.83 bits per heavy atom. The van der Waals surface area contributed by atoms with Gasteiger partial charge in [-0.2, -0.15) is 0 Å². The Bertz CT molecular complexity index is 791. The minimum absolute atomic E-state index is 0.0578. The van der Waals surface area contributed by atoms with Crippen LogP contribution in [0, 0.1) is 0 Å². The third-order valence-electron chi connectivity index (χ3n) is 3.12. The van der Waals surface area contributed by atoms with Crippen molar-refractivity contribution >= 4 is 26.6 Å². The second-order valence-corrected chi connectivity index (χ2v) is 6.90. The van der Waals surface area contributed by atoms with Gasteiger partial charge in [-0.25, -0.2) is 0 Å². The maximum absolute atomic E-state index is 11.7. The van der Waals surface area contributed by atoms with E-state index >= 15 is 0 Å². The normalized spacial score (nSPS) is 15.3. The molecule has 0 fully saturated rings. The predicted octanol–water partition coefficient (Wildman–Crippen LogP) is -1.89. The second-order valence-electron chi connectivity index (χ2n) is 4.82. The van der Waals surface area contributed by atoms with Crippen LogP contribution in [0.3, 0.4) is 0 Å². The number of likely N-dealkylation sites (N-methyl/N-ethyl adjacent to an activating group) is 1. The molecule has 0 unspecified atom stereocenters. The minimum atomic E-state index is -3.91. The van der Waals surface area contributed by atoms with Crippen molar-refractivity contribution in [3.8, 4) is 0 Å². The van der Waals surface area contributed by atoms with Crippen LogP contribution in [0.2, 0.25) is 0 Å². The summed E-state index contributed by atoms with van der Waals surface area (Å²) in [6.07, 6.45) is 0.308. The van der Waals surface area contributed by atoms with Crippen molar-refractivity contribution in [2.45, 2.75) is 11.3 Å². The first-order chi connectivity index (χ1) is 10.7. The zero-order valence-electron chi connectivity index (χ0n) is 12.1. The molecule has 0 atom stereocenters.